The highest BCUT2D eigenvalue weighted by Gasteiger charge is 2.12. The maximum atomic E-state index is 11.7. The summed E-state index contributed by atoms with van der Waals surface area (Å²) >= 11 is 3.36. The fourth-order valence-electron chi connectivity index (χ4n) is 1.35. The second kappa shape index (κ2) is 4.44. The van der Waals surface area contributed by atoms with E-state index in [1.807, 2.05) is 12.1 Å². The Morgan fingerprint density at radius 1 is 1.50 bits per heavy atom. The molecule has 0 aliphatic rings. The van der Waals surface area contributed by atoms with Crippen LogP contribution < -0.4 is 5.32 Å². The Morgan fingerprint density at radius 2 is 2.31 bits per heavy atom. The Balaban J connectivity index is 2.57. The molecule has 1 aromatic carbocycles. The number of nitrogens with one attached hydrogen (secondary N) is 1. The predicted molar refractivity (Wildman–Crippen MR) is 62.4 cm³/mol. The van der Waals surface area contributed by atoms with E-state index in [9.17, 15) is 4.79 Å². The molecule has 0 radical (unpaired) electrons. The molecule has 0 spiro atoms. The van der Waals surface area contributed by atoms with Crippen molar-refractivity contribution in [2.45, 2.75) is 0 Å². The van der Waals surface area contributed by atoms with Crippen LogP contribution in [-0.2, 0) is 0 Å². The second-order valence-corrected chi connectivity index (χ2v) is 4.00. The van der Waals surface area contributed by atoms with E-state index in [-0.39, 0.29) is 5.91 Å². The van der Waals surface area contributed by atoms with Crippen LogP contribution in [0.4, 0.5) is 0 Å². The van der Waals surface area contributed by atoms with Gasteiger partial charge in [-0.05, 0) is 18.2 Å². The summed E-state index contributed by atoms with van der Waals surface area (Å²) in [6.45, 7) is 0. The first-order valence-electron chi connectivity index (χ1n) is 4.59. The van der Waals surface area contributed by atoms with Gasteiger partial charge in [0.25, 0.3) is 5.91 Å². The molecular weight excluding hydrogens is 272 g/mol. The molecular formula is C10H9BrN4O. The second-order valence-electron chi connectivity index (χ2n) is 3.08. The summed E-state index contributed by atoms with van der Waals surface area (Å²) in [6.07, 6.45) is 2.97. The molecule has 0 bridgehead atoms. The Hall–Kier alpha value is -1.69. The number of carbonyl (C=O) groups is 1. The van der Waals surface area contributed by atoms with Gasteiger partial charge >= 0.3 is 0 Å². The van der Waals surface area contributed by atoms with E-state index in [1.54, 1.807) is 24.1 Å². The molecule has 0 unspecified atom stereocenters. The van der Waals surface area contributed by atoms with Crippen molar-refractivity contribution in [2.75, 3.05) is 7.05 Å². The molecule has 1 N–H and O–H groups in total. The van der Waals surface area contributed by atoms with Gasteiger partial charge in [-0.1, -0.05) is 15.9 Å². The monoisotopic (exact) mass is 280 g/mol. The summed E-state index contributed by atoms with van der Waals surface area (Å²) in [5, 5.41) is 6.60. The van der Waals surface area contributed by atoms with E-state index in [2.05, 4.69) is 31.3 Å². The molecule has 0 aliphatic heterocycles. The van der Waals surface area contributed by atoms with Crippen LogP contribution in [0.2, 0.25) is 0 Å². The average Bonchev–Trinajstić information content (AvgIpc) is 2.81. The van der Waals surface area contributed by atoms with E-state index in [0.29, 0.717) is 11.3 Å². The van der Waals surface area contributed by atoms with Crippen molar-refractivity contribution in [3.05, 3.63) is 40.9 Å². The fourth-order valence-corrected chi connectivity index (χ4v) is 1.70. The molecule has 5 nitrogen and oxygen atoms in total. The summed E-state index contributed by atoms with van der Waals surface area (Å²) in [6, 6.07) is 5.37. The minimum atomic E-state index is -0.155. The topological polar surface area (TPSA) is 59.8 Å². The van der Waals surface area contributed by atoms with Crippen molar-refractivity contribution in [3.8, 4) is 5.69 Å². The maximum absolute atomic E-state index is 11.7. The van der Waals surface area contributed by atoms with Gasteiger partial charge in [-0.3, -0.25) is 4.79 Å². The van der Waals surface area contributed by atoms with Crippen LogP contribution in [0.5, 0.6) is 0 Å². The van der Waals surface area contributed by atoms with Crippen LogP contribution in [0.15, 0.2) is 35.3 Å². The predicted octanol–water partition coefficient (Wildman–Crippen LogP) is 1.39. The van der Waals surface area contributed by atoms with E-state index in [0.717, 1.165) is 4.47 Å². The third-order valence-electron chi connectivity index (χ3n) is 2.10. The molecule has 6 heteroatoms. The van der Waals surface area contributed by atoms with Gasteiger partial charge in [0.15, 0.2) is 0 Å². The number of amides is 1. The van der Waals surface area contributed by atoms with Gasteiger partial charge in [0, 0.05) is 11.5 Å². The molecule has 1 amide bonds. The zero-order valence-corrected chi connectivity index (χ0v) is 10.1. The summed E-state index contributed by atoms with van der Waals surface area (Å²) in [5.74, 6) is -0.155. The van der Waals surface area contributed by atoms with Gasteiger partial charge in [0.05, 0.1) is 11.3 Å². The van der Waals surface area contributed by atoms with Gasteiger partial charge in [-0.25, -0.2) is 9.67 Å². The molecule has 82 valence electrons. The Kier molecular flexibility index (Phi) is 3.00. The lowest BCUT2D eigenvalue weighted by Gasteiger charge is -2.08. The maximum Gasteiger partial charge on any atom is 0.253 e. The molecule has 0 fully saturated rings. The summed E-state index contributed by atoms with van der Waals surface area (Å²) in [7, 11) is 1.59. The number of rotatable bonds is 2. The largest absolute Gasteiger partial charge is 0.355 e. The van der Waals surface area contributed by atoms with E-state index in [4.69, 9.17) is 0 Å². The zero-order chi connectivity index (χ0) is 11.5. The van der Waals surface area contributed by atoms with Crippen LogP contribution in [0.1, 0.15) is 10.4 Å². The van der Waals surface area contributed by atoms with Gasteiger partial charge in [0.2, 0.25) is 0 Å². The van der Waals surface area contributed by atoms with Crippen LogP contribution in [0, 0.1) is 0 Å². The van der Waals surface area contributed by atoms with Crippen LogP contribution in [-0.4, -0.2) is 27.7 Å². The standard InChI is InChI=1S/C10H9BrN4O/c1-12-10(16)8-3-2-7(11)4-9(8)15-6-13-5-14-15/h2-6H,1H3,(H,12,16). The quantitative estimate of drug-likeness (QED) is 0.905. The van der Waals surface area contributed by atoms with Crippen molar-refractivity contribution < 1.29 is 4.79 Å². The molecule has 16 heavy (non-hydrogen) atoms. The highest BCUT2D eigenvalue weighted by molar-refractivity contribution is 9.10. The number of aromatic nitrogens is 3. The molecule has 2 rings (SSSR count). The number of halogens is 1. The highest BCUT2D eigenvalue weighted by atomic mass is 79.9. The third-order valence-corrected chi connectivity index (χ3v) is 2.59. The molecule has 0 saturated carbocycles. The Labute approximate surface area is 101 Å². The van der Waals surface area contributed by atoms with E-state index >= 15 is 0 Å². The van der Waals surface area contributed by atoms with Crippen LogP contribution in [0.25, 0.3) is 5.69 Å². The summed E-state index contributed by atoms with van der Waals surface area (Å²) in [5.41, 5.74) is 1.24. The third kappa shape index (κ3) is 1.96. The molecule has 0 aliphatic carbocycles. The van der Waals surface area contributed by atoms with Crippen LogP contribution in [0.3, 0.4) is 0 Å². The zero-order valence-electron chi connectivity index (χ0n) is 8.51. The van der Waals surface area contributed by atoms with Gasteiger partial charge < -0.3 is 5.32 Å². The number of carbonyl (C=O) groups excluding carboxylic acids is 1. The van der Waals surface area contributed by atoms with E-state index < -0.39 is 0 Å². The lowest BCUT2D eigenvalue weighted by atomic mass is 10.1. The SMILES string of the molecule is CNC(=O)c1ccc(Br)cc1-n1cncn1. The number of benzene rings is 1. The number of nitrogens with zero attached hydrogens (tertiary/aromatic N) is 3. The van der Waals surface area contributed by atoms with Crippen molar-refractivity contribution in [3.63, 3.8) is 0 Å². The lowest BCUT2D eigenvalue weighted by molar-refractivity contribution is 0.0963. The molecule has 1 aromatic heterocycles. The first-order valence-corrected chi connectivity index (χ1v) is 5.38. The molecule has 2 aromatic rings. The highest BCUT2D eigenvalue weighted by Crippen LogP contribution is 2.19. The van der Waals surface area contributed by atoms with Crippen LogP contribution >= 0.6 is 15.9 Å². The smallest absolute Gasteiger partial charge is 0.253 e. The molecule has 0 atom stereocenters. The summed E-state index contributed by atoms with van der Waals surface area (Å²) in [4.78, 5) is 15.5. The Bertz CT molecular complexity index is 510. The minimum Gasteiger partial charge on any atom is -0.355 e. The number of hydrogen-bond acceptors (Lipinski definition) is 3. The lowest BCUT2D eigenvalue weighted by Crippen LogP contribution is -2.20. The molecule has 0 saturated heterocycles. The van der Waals surface area contributed by atoms with E-state index in [1.165, 1.54) is 6.33 Å². The van der Waals surface area contributed by atoms with Gasteiger partial charge in [-0.15, -0.1) is 0 Å². The number of hydrogen-bond donors (Lipinski definition) is 1. The van der Waals surface area contributed by atoms with Gasteiger partial charge in [0.1, 0.15) is 12.7 Å². The summed E-state index contributed by atoms with van der Waals surface area (Å²) < 4.78 is 2.43. The average molecular weight is 281 g/mol. The van der Waals surface area contributed by atoms with Gasteiger partial charge in [-0.2, -0.15) is 5.10 Å². The Morgan fingerprint density at radius 3 is 2.94 bits per heavy atom. The van der Waals surface area contributed by atoms with Crippen molar-refractivity contribution in [1.29, 1.82) is 0 Å². The van der Waals surface area contributed by atoms with Crippen molar-refractivity contribution >= 4 is 21.8 Å². The van der Waals surface area contributed by atoms with Crippen molar-refractivity contribution in [2.24, 2.45) is 0 Å². The normalized spacial score (nSPS) is 10.1. The first kappa shape index (κ1) is 10.8. The first-order chi connectivity index (χ1) is 7.72. The minimum absolute atomic E-state index is 0.155. The molecule has 1 heterocycles. The fraction of sp³-hybridized carbons (Fsp3) is 0.100. The van der Waals surface area contributed by atoms with Crippen molar-refractivity contribution in [1.82, 2.24) is 20.1 Å².